The second-order valence-corrected chi connectivity index (χ2v) is 8.88. The van der Waals surface area contributed by atoms with Crippen molar-refractivity contribution in [1.29, 1.82) is 0 Å². The molecule has 176 valence electrons. The topological polar surface area (TPSA) is 103 Å². The van der Waals surface area contributed by atoms with E-state index in [1.807, 2.05) is 0 Å². The van der Waals surface area contributed by atoms with Crippen LogP contribution in [0, 0.1) is 11.3 Å². The summed E-state index contributed by atoms with van der Waals surface area (Å²) in [7, 11) is 0. The number of aliphatic hydroxyl groups is 1. The van der Waals surface area contributed by atoms with Gasteiger partial charge in [-0.2, -0.15) is 0 Å². The van der Waals surface area contributed by atoms with E-state index in [4.69, 9.17) is 10.7 Å². The molecule has 0 bridgehead atoms. The zero-order chi connectivity index (χ0) is 21.0. The summed E-state index contributed by atoms with van der Waals surface area (Å²) in [6.07, 6.45) is 11.1. The Morgan fingerprint density at radius 2 is 1.87 bits per heavy atom. The van der Waals surface area contributed by atoms with Crippen LogP contribution in [-0.4, -0.2) is 67.7 Å². The number of aliphatic imine (C=N–C) groups is 1. The number of primary amides is 1. The van der Waals surface area contributed by atoms with Crippen molar-refractivity contribution in [3.63, 3.8) is 0 Å². The number of hydrogen-bond acceptors (Lipinski definition) is 4. The predicted molar refractivity (Wildman–Crippen MR) is 134 cm³/mol. The number of amides is 1. The number of nitrogens with zero attached hydrogens (tertiary/aromatic N) is 2. The van der Waals surface area contributed by atoms with Crippen LogP contribution in [0.2, 0.25) is 0 Å². The van der Waals surface area contributed by atoms with E-state index in [0.717, 1.165) is 77.3 Å². The molecule has 2 rings (SSSR count). The van der Waals surface area contributed by atoms with Gasteiger partial charge in [0.1, 0.15) is 0 Å². The highest BCUT2D eigenvalue weighted by atomic mass is 127. The SMILES string of the molecule is CCNC(=NCC1(CCO)CCCCC1)NCCCCN1CCC(C(N)=O)CC1.I. The lowest BCUT2D eigenvalue weighted by Crippen LogP contribution is -2.40. The summed E-state index contributed by atoms with van der Waals surface area (Å²) in [5.74, 6) is 0.834. The molecule has 0 atom stereocenters. The first-order valence-corrected chi connectivity index (χ1v) is 11.7. The fraction of sp³-hybridized carbons (Fsp3) is 0.909. The van der Waals surface area contributed by atoms with Crippen LogP contribution >= 0.6 is 24.0 Å². The van der Waals surface area contributed by atoms with Gasteiger partial charge in [0, 0.05) is 32.2 Å². The molecule has 5 N–H and O–H groups in total. The number of guanidine groups is 1. The first kappa shape index (κ1) is 27.4. The van der Waals surface area contributed by atoms with E-state index in [-0.39, 0.29) is 47.8 Å². The second-order valence-electron chi connectivity index (χ2n) is 8.88. The molecule has 1 aliphatic heterocycles. The lowest BCUT2D eigenvalue weighted by atomic mass is 9.72. The highest BCUT2D eigenvalue weighted by molar-refractivity contribution is 14.0. The fourth-order valence-electron chi connectivity index (χ4n) is 4.72. The number of nitrogens with one attached hydrogen (secondary N) is 2. The van der Waals surface area contributed by atoms with Crippen molar-refractivity contribution in [2.45, 2.75) is 71.1 Å². The largest absolute Gasteiger partial charge is 0.396 e. The van der Waals surface area contributed by atoms with Gasteiger partial charge in [0.2, 0.25) is 5.91 Å². The smallest absolute Gasteiger partial charge is 0.220 e. The van der Waals surface area contributed by atoms with Crippen LogP contribution in [0.3, 0.4) is 0 Å². The molecular formula is C22H44IN5O2. The molecule has 2 aliphatic rings. The minimum atomic E-state index is -0.141. The molecule has 0 aromatic heterocycles. The molecule has 0 aromatic rings. The molecule has 0 spiro atoms. The van der Waals surface area contributed by atoms with Gasteiger partial charge in [-0.1, -0.05) is 19.3 Å². The maximum Gasteiger partial charge on any atom is 0.220 e. The van der Waals surface area contributed by atoms with Crippen LogP contribution < -0.4 is 16.4 Å². The Kier molecular flexibility index (Phi) is 13.9. The number of hydrogen-bond donors (Lipinski definition) is 4. The molecule has 2 fully saturated rings. The van der Waals surface area contributed by atoms with E-state index < -0.39 is 0 Å². The van der Waals surface area contributed by atoms with Gasteiger partial charge in [-0.05, 0) is 76.9 Å². The van der Waals surface area contributed by atoms with Crippen molar-refractivity contribution < 1.29 is 9.90 Å². The van der Waals surface area contributed by atoms with Gasteiger partial charge >= 0.3 is 0 Å². The van der Waals surface area contributed by atoms with Crippen molar-refractivity contribution in [1.82, 2.24) is 15.5 Å². The highest BCUT2D eigenvalue weighted by Gasteiger charge is 2.31. The lowest BCUT2D eigenvalue weighted by Gasteiger charge is -2.35. The van der Waals surface area contributed by atoms with Crippen LogP contribution in [0.15, 0.2) is 4.99 Å². The van der Waals surface area contributed by atoms with E-state index >= 15 is 0 Å². The molecule has 1 amide bonds. The third-order valence-electron chi connectivity index (χ3n) is 6.66. The highest BCUT2D eigenvalue weighted by Crippen LogP contribution is 2.39. The molecule has 7 nitrogen and oxygen atoms in total. The zero-order valence-electron chi connectivity index (χ0n) is 18.8. The van der Waals surface area contributed by atoms with Crippen LogP contribution in [-0.2, 0) is 4.79 Å². The summed E-state index contributed by atoms with van der Waals surface area (Å²) in [4.78, 5) is 18.6. The summed E-state index contributed by atoms with van der Waals surface area (Å²) in [5, 5.41) is 16.3. The predicted octanol–water partition coefficient (Wildman–Crippen LogP) is 2.47. The molecule has 0 radical (unpaired) electrons. The van der Waals surface area contributed by atoms with E-state index in [2.05, 4.69) is 22.5 Å². The van der Waals surface area contributed by atoms with Crippen LogP contribution in [0.4, 0.5) is 0 Å². The third-order valence-corrected chi connectivity index (χ3v) is 6.66. The summed E-state index contributed by atoms with van der Waals surface area (Å²) < 4.78 is 0. The summed E-state index contributed by atoms with van der Waals surface area (Å²) in [6.45, 7) is 7.98. The van der Waals surface area contributed by atoms with Crippen molar-refractivity contribution >= 4 is 35.8 Å². The van der Waals surface area contributed by atoms with Crippen LogP contribution in [0.5, 0.6) is 0 Å². The average molecular weight is 538 g/mol. The number of carbonyl (C=O) groups is 1. The van der Waals surface area contributed by atoms with Crippen LogP contribution in [0.25, 0.3) is 0 Å². The quantitative estimate of drug-likeness (QED) is 0.140. The Hall–Kier alpha value is -0.610. The molecule has 1 saturated heterocycles. The Balaban J connectivity index is 0.00000450. The van der Waals surface area contributed by atoms with Gasteiger partial charge in [-0.25, -0.2) is 0 Å². The number of rotatable bonds is 11. The number of unbranched alkanes of at least 4 members (excludes halogenated alkanes) is 1. The Morgan fingerprint density at radius 1 is 1.17 bits per heavy atom. The van der Waals surface area contributed by atoms with E-state index in [1.165, 1.54) is 32.1 Å². The van der Waals surface area contributed by atoms with Gasteiger partial charge in [0.05, 0.1) is 0 Å². The van der Waals surface area contributed by atoms with E-state index in [1.54, 1.807) is 0 Å². The van der Waals surface area contributed by atoms with Gasteiger partial charge in [-0.3, -0.25) is 9.79 Å². The van der Waals surface area contributed by atoms with Crippen molar-refractivity contribution in [2.75, 3.05) is 45.9 Å². The molecular weight excluding hydrogens is 493 g/mol. The zero-order valence-corrected chi connectivity index (χ0v) is 21.2. The van der Waals surface area contributed by atoms with Gasteiger partial charge in [-0.15, -0.1) is 24.0 Å². The van der Waals surface area contributed by atoms with E-state index in [0.29, 0.717) is 0 Å². The molecule has 0 aromatic carbocycles. The van der Waals surface area contributed by atoms with Crippen molar-refractivity contribution in [2.24, 2.45) is 22.1 Å². The number of halogens is 1. The Morgan fingerprint density at radius 3 is 2.47 bits per heavy atom. The number of carbonyl (C=O) groups excluding carboxylic acids is 1. The van der Waals surface area contributed by atoms with Crippen LogP contribution in [0.1, 0.15) is 71.1 Å². The Bertz CT molecular complexity index is 498. The fourth-order valence-corrected chi connectivity index (χ4v) is 4.72. The standard InChI is InChI=1S/C22H43N5O2.HI/c1-2-24-21(26-18-22(12-17-28)10-4-3-5-11-22)25-13-6-7-14-27-15-8-19(9-16-27)20(23)29;/h19,28H,2-18H2,1H3,(H2,23,29)(H2,24,25,26);1H. The van der Waals surface area contributed by atoms with E-state index in [9.17, 15) is 9.90 Å². The molecule has 1 saturated carbocycles. The van der Waals surface area contributed by atoms with Gasteiger partial charge in [0.25, 0.3) is 0 Å². The monoisotopic (exact) mass is 537 g/mol. The van der Waals surface area contributed by atoms with Gasteiger partial charge in [0.15, 0.2) is 5.96 Å². The maximum atomic E-state index is 11.3. The summed E-state index contributed by atoms with van der Waals surface area (Å²) in [6, 6.07) is 0. The third kappa shape index (κ3) is 9.68. The van der Waals surface area contributed by atoms with Gasteiger partial charge < -0.3 is 26.4 Å². The molecule has 1 heterocycles. The molecule has 8 heteroatoms. The minimum absolute atomic E-state index is 0. The number of aliphatic hydroxyl groups excluding tert-OH is 1. The summed E-state index contributed by atoms with van der Waals surface area (Å²) >= 11 is 0. The molecule has 30 heavy (non-hydrogen) atoms. The normalized spacial score (nSPS) is 20.4. The lowest BCUT2D eigenvalue weighted by molar-refractivity contribution is -0.123. The maximum absolute atomic E-state index is 11.3. The Labute approximate surface area is 200 Å². The minimum Gasteiger partial charge on any atom is -0.396 e. The number of piperidine rings is 1. The summed E-state index contributed by atoms with van der Waals surface area (Å²) in [5.41, 5.74) is 5.59. The first-order chi connectivity index (χ1) is 14.1. The number of nitrogens with two attached hydrogens (primary N) is 1. The second kappa shape index (κ2) is 15.2. The first-order valence-electron chi connectivity index (χ1n) is 11.7. The number of likely N-dealkylation sites (tertiary alicyclic amines) is 1. The molecule has 0 unspecified atom stereocenters. The van der Waals surface area contributed by atoms with Crippen molar-refractivity contribution in [3.05, 3.63) is 0 Å². The van der Waals surface area contributed by atoms with Crippen molar-refractivity contribution in [3.8, 4) is 0 Å². The molecule has 1 aliphatic carbocycles. The average Bonchev–Trinajstić information content (AvgIpc) is 2.73.